The summed E-state index contributed by atoms with van der Waals surface area (Å²) in [5, 5.41) is 29.2. The van der Waals surface area contributed by atoms with Crippen molar-refractivity contribution in [3.8, 4) is 0 Å². The van der Waals surface area contributed by atoms with Crippen LogP contribution in [-0.4, -0.2) is 122 Å². The van der Waals surface area contributed by atoms with Crippen LogP contribution in [0.3, 0.4) is 0 Å². The first-order chi connectivity index (χ1) is 24.2. The molecule has 0 aromatic rings. The standard InChI is InChI=1S/C39H66N4O8/c1-9-13-50-33(46)19-40-37(47)26-14-25(15-28(16-26)42(6)7)29-12-10-11-24(36(29)49-8)20-43-35(34(23(3)45)32(21-44)51-43)38(48)41-31-18-27-17-30(22(31)2)39(27,4)5/h9,22-32,34-36,44-45H,1,10-21H2,2-8H3,(H,40,47)(H,41,48)/t22-,23-,24?,25?,26?,27+,28?,29?,30-,31-,32-,34+,35-,36?/m0/s1. The van der Waals surface area contributed by atoms with Crippen LogP contribution in [0, 0.1) is 52.8 Å². The maximum absolute atomic E-state index is 14.2. The topological polar surface area (TPSA) is 150 Å². The third-order valence-corrected chi connectivity index (χ3v) is 13.9. The number of hydrogen-bond donors (Lipinski definition) is 4. The fourth-order valence-corrected chi connectivity index (χ4v) is 10.9. The summed E-state index contributed by atoms with van der Waals surface area (Å²) < 4.78 is 11.4. The van der Waals surface area contributed by atoms with Crippen LogP contribution in [0.15, 0.2) is 12.7 Å². The van der Waals surface area contributed by atoms with E-state index in [2.05, 4.69) is 57.0 Å². The van der Waals surface area contributed by atoms with Crippen LogP contribution >= 0.6 is 0 Å². The van der Waals surface area contributed by atoms with Crippen LogP contribution in [0.4, 0.5) is 0 Å². The molecule has 5 saturated carbocycles. The number of fused-ring (bicyclic) bond motifs is 2. The molecule has 6 unspecified atom stereocenters. The molecule has 12 nitrogen and oxygen atoms in total. The van der Waals surface area contributed by atoms with Crippen LogP contribution in [0.1, 0.15) is 79.1 Å². The van der Waals surface area contributed by atoms with Crippen molar-refractivity contribution in [2.24, 2.45) is 52.8 Å². The number of hydrogen-bond acceptors (Lipinski definition) is 10. The van der Waals surface area contributed by atoms with Crippen molar-refractivity contribution in [1.29, 1.82) is 0 Å². The zero-order chi connectivity index (χ0) is 37.2. The van der Waals surface area contributed by atoms with Gasteiger partial charge in [-0.15, -0.1) is 0 Å². The van der Waals surface area contributed by atoms with Crippen molar-refractivity contribution in [2.75, 3.05) is 47.5 Å². The number of carbonyl (C=O) groups excluding carboxylic acids is 3. The lowest BCUT2D eigenvalue weighted by Gasteiger charge is -2.62. The van der Waals surface area contributed by atoms with Gasteiger partial charge in [-0.25, -0.2) is 0 Å². The Bertz CT molecular complexity index is 1230. The molecule has 1 aliphatic heterocycles. The number of carbonyl (C=O) groups is 3. The normalized spacial score (nSPS) is 39.8. The number of ether oxygens (including phenoxy) is 2. The van der Waals surface area contributed by atoms with E-state index >= 15 is 0 Å². The number of aliphatic hydroxyl groups excluding tert-OH is 2. The lowest BCUT2D eigenvalue weighted by molar-refractivity contribution is -0.193. The SMILES string of the molecule is C=CCOC(=O)CNC(=O)C1CC(C2CCCC(CN3O[C@@H](CO)[C@@H]([C@H](C)O)[C@H]3C(=O)N[C@H]3C[C@H]4C[C@@H]([C@@H]3C)C4(C)C)C2OC)CC(N(C)C)C1. The van der Waals surface area contributed by atoms with Gasteiger partial charge in [-0.05, 0) is 101 Å². The fourth-order valence-electron chi connectivity index (χ4n) is 10.9. The Morgan fingerprint density at radius 3 is 2.47 bits per heavy atom. The molecule has 51 heavy (non-hydrogen) atoms. The van der Waals surface area contributed by atoms with Gasteiger partial charge in [-0.1, -0.05) is 39.8 Å². The summed E-state index contributed by atoms with van der Waals surface area (Å²) >= 11 is 0. The molecule has 0 spiro atoms. The molecule has 0 aromatic heterocycles. The summed E-state index contributed by atoms with van der Waals surface area (Å²) in [5.41, 5.74) is 0.300. The second-order valence-corrected chi connectivity index (χ2v) is 17.3. The number of nitrogens with zero attached hydrogens (tertiary/aromatic N) is 2. The first-order valence-corrected chi connectivity index (χ1v) is 19.5. The zero-order valence-corrected chi connectivity index (χ0v) is 32.1. The minimum atomic E-state index is -0.853. The molecular weight excluding hydrogens is 652 g/mol. The van der Waals surface area contributed by atoms with Crippen molar-refractivity contribution >= 4 is 17.8 Å². The first kappa shape index (κ1) is 40.1. The van der Waals surface area contributed by atoms with Gasteiger partial charge in [-0.2, -0.15) is 5.06 Å². The molecule has 14 atom stereocenters. The van der Waals surface area contributed by atoms with Crippen LogP contribution in [0.5, 0.6) is 0 Å². The Balaban J connectivity index is 1.29. The van der Waals surface area contributed by atoms with E-state index in [9.17, 15) is 24.6 Å². The second kappa shape index (κ2) is 16.9. The summed E-state index contributed by atoms with van der Waals surface area (Å²) in [5.74, 6) is 0.416. The highest BCUT2D eigenvalue weighted by Crippen LogP contribution is 2.61. The summed E-state index contributed by atoms with van der Waals surface area (Å²) in [6, 6.07) is -0.461. The molecule has 0 radical (unpaired) electrons. The second-order valence-electron chi connectivity index (χ2n) is 17.3. The van der Waals surface area contributed by atoms with E-state index in [1.807, 2.05) is 0 Å². The molecule has 12 heteroatoms. The van der Waals surface area contributed by atoms with Gasteiger partial charge in [0.2, 0.25) is 11.8 Å². The number of rotatable bonds is 14. The summed E-state index contributed by atoms with van der Waals surface area (Å²) in [6.07, 6.45) is 7.21. The number of nitrogens with one attached hydrogen (secondary N) is 2. The average Bonchev–Trinajstić information content (AvgIpc) is 3.48. The van der Waals surface area contributed by atoms with Crippen LogP contribution in [0.25, 0.3) is 0 Å². The van der Waals surface area contributed by atoms with Crippen LogP contribution < -0.4 is 10.6 Å². The molecule has 0 aromatic carbocycles. The zero-order valence-electron chi connectivity index (χ0n) is 32.1. The molecular formula is C39H66N4O8. The Hall–Kier alpha value is -2.09. The predicted molar refractivity (Wildman–Crippen MR) is 193 cm³/mol. The molecule has 2 bridgehead atoms. The van der Waals surface area contributed by atoms with Gasteiger partial charge in [0.15, 0.2) is 0 Å². The quantitative estimate of drug-likeness (QED) is 0.156. The smallest absolute Gasteiger partial charge is 0.325 e. The minimum Gasteiger partial charge on any atom is -0.460 e. The Labute approximate surface area is 305 Å². The van der Waals surface area contributed by atoms with E-state index < -0.39 is 30.1 Å². The lowest BCUT2D eigenvalue weighted by Crippen LogP contribution is -2.62. The average molecular weight is 719 g/mol. The molecule has 290 valence electrons. The molecule has 2 amide bonds. The molecule has 1 saturated heterocycles. The first-order valence-electron chi connectivity index (χ1n) is 19.5. The van der Waals surface area contributed by atoms with Gasteiger partial charge in [-0.3, -0.25) is 19.2 Å². The van der Waals surface area contributed by atoms with E-state index in [-0.39, 0.29) is 73.4 Å². The van der Waals surface area contributed by atoms with Gasteiger partial charge in [0.25, 0.3) is 0 Å². The minimum absolute atomic E-state index is 0.0461. The van der Waals surface area contributed by atoms with E-state index in [4.69, 9.17) is 14.3 Å². The molecule has 6 rings (SSSR count). The number of aliphatic hydroxyl groups is 2. The van der Waals surface area contributed by atoms with E-state index in [0.717, 1.165) is 32.1 Å². The number of hydroxylamine groups is 2. The Morgan fingerprint density at radius 2 is 1.86 bits per heavy atom. The monoisotopic (exact) mass is 718 g/mol. The molecule has 4 N–H and O–H groups in total. The Morgan fingerprint density at radius 1 is 1.12 bits per heavy atom. The molecule has 6 fully saturated rings. The third-order valence-electron chi connectivity index (χ3n) is 13.9. The largest absolute Gasteiger partial charge is 0.460 e. The van der Waals surface area contributed by atoms with Gasteiger partial charge >= 0.3 is 5.97 Å². The van der Waals surface area contributed by atoms with Crippen molar-refractivity contribution in [3.05, 3.63) is 12.7 Å². The Kier molecular flexibility index (Phi) is 13.3. The van der Waals surface area contributed by atoms with Crippen molar-refractivity contribution < 1.29 is 38.9 Å². The van der Waals surface area contributed by atoms with E-state index in [1.54, 1.807) is 19.1 Å². The van der Waals surface area contributed by atoms with Crippen LogP contribution in [-0.2, 0) is 28.7 Å². The van der Waals surface area contributed by atoms with Crippen LogP contribution in [0.2, 0.25) is 0 Å². The number of methoxy groups -OCH3 is 1. The highest BCUT2D eigenvalue weighted by molar-refractivity contribution is 5.84. The fraction of sp³-hybridized carbons (Fsp3) is 0.872. The number of amides is 2. The molecule has 5 aliphatic carbocycles. The maximum atomic E-state index is 14.2. The van der Waals surface area contributed by atoms with Gasteiger partial charge in [0, 0.05) is 43.5 Å². The van der Waals surface area contributed by atoms with E-state index in [1.165, 1.54) is 12.5 Å². The molecule has 6 aliphatic rings. The summed E-state index contributed by atoms with van der Waals surface area (Å²) in [6.45, 7) is 12.3. The van der Waals surface area contributed by atoms with Gasteiger partial charge in [0.05, 0.1) is 18.8 Å². The van der Waals surface area contributed by atoms with E-state index in [0.29, 0.717) is 42.6 Å². The van der Waals surface area contributed by atoms with Gasteiger partial charge in [0.1, 0.15) is 25.3 Å². The highest BCUT2D eigenvalue weighted by Gasteiger charge is 2.58. The summed E-state index contributed by atoms with van der Waals surface area (Å²) in [4.78, 5) is 48.2. The highest BCUT2D eigenvalue weighted by atomic mass is 16.7. The predicted octanol–water partition coefficient (Wildman–Crippen LogP) is 2.77. The van der Waals surface area contributed by atoms with Crippen molar-refractivity contribution in [1.82, 2.24) is 20.6 Å². The molecule has 1 heterocycles. The van der Waals surface area contributed by atoms with Crippen molar-refractivity contribution in [2.45, 2.75) is 115 Å². The van der Waals surface area contributed by atoms with Crippen molar-refractivity contribution in [3.63, 3.8) is 0 Å². The number of esters is 1. The van der Waals surface area contributed by atoms with Gasteiger partial charge < -0.3 is 35.2 Å². The lowest BCUT2D eigenvalue weighted by atomic mass is 9.45. The third kappa shape index (κ3) is 8.51. The summed E-state index contributed by atoms with van der Waals surface area (Å²) in [7, 11) is 5.86. The maximum Gasteiger partial charge on any atom is 0.325 e.